The maximum Gasteiger partial charge on any atom is 0.413 e. The number of fused-ring (bicyclic) bond motifs is 1. The molecular weight excluding hydrogens is 397 g/mol. The van der Waals surface area contributed by atoms with Gasteiger partial charge in [-0.2, -0.15) is 0 Å². The van der Waals surface area contributed by atoms with E-state index in [1.165, 1.54) is 17.6 Å². The van der Waals surface area contributed by atoms with Crippen LogP contribution < -0.4 is 4.74 Å². The lowest BCUT2D eigenvalue weighted by Crippen LogP contribution is -2.43. The van der Waals surface area contributed by atoms with Crippen LogP contribution in [0.1, 0.15) is 37.7 Å². The number of alkyl halides is 3. The number of hydrogen-bond donors (Lipinski definition) is 0. The molecule has 0 bridgehead atoms. The van der Waals surface area contributed by atoms with Gasteiger partial charge in [0.2, 0.25) is 3.79 Å². The first kappa shape index (κ1) is 19.7. The van der Waals surface area contributed by atoms with Crippen LogP contribution in [0.2, 0.25) is 0 Å². The smallest absolute Gasteiger partial charge is 0.413 e. The number of allylic oxidation sites excluding steroid dienone is 1. The van der Waals surface area contributed by atoms with Crippen molar-refractivity contribution in [1.82, 2.24) is 4.90 Å². The van der Waals surface area contributed by atoms with E-state index in [1.807, 2.05) is 18.3 Å². The van der Waals surface area contributed by atoms with Gasteiger partial charge in [0.25, 0.3) is 0 Å². The largest absolute Gasteiger partial charge is 0.497 e. The van der Waals surface area contributed by atoms with E-state index in [4.69, 9.17) is 44.3 Å². The first-order valence-corrected chi connectivity index (χ1v) is 9.83. The molecule has 1 aliphatic carbocycles. The molecule has 1 heterocycles. The summed E-state index contributed by atoms with van der Waals surface area (Å²) in [6.45, 7) is 0.302. The van der Waals surface area contributed by atoms with E-state index in [1.54, 1.807) is 12.0 Å². The number of hydrogen-bond acceptors (Lipinski definition) is 3. The Bertz CT molecular complexity index is 702. The summed E-state index contributed by atoms with van der Waals surface area (Å²) in [7, 11) is 1.68. The van der Waals surface area contributed by atoms with Crippen molar-refractivity contribution in [3.05, 3.63) is 41.6 Å². The van der Waals surface area contributed by atoms with Crippen molar-refractivity contribution in [2.75, 3.05) is 20.3 Å². The molecule has 2 aliphatic rings. The molecule has 142 valence electrons. The maximum absolute atomic E-state index is 12.3. The van der Waals surface area contributed by atoms with Gasteiger partial charge in [-0.05, 0) is 49.0 Å². The van der Waals surface area contributed by atoms with E-state index in [0.29, 0.717) is 6.54 Å². The number of ether oxygens (including phenoxy) is 2. The van der Waals surface area contributed by atoms with Crippen LogP contribution in [-0.4, -0.2) is 35.0 Å². The number of carbonyl (C=O) groups excluding carboxylic acids is 1. The fraction of sp³-hybridized carbons (Fsp3) is 0.526. The average Bonchev–Trinajstić information content (AvgIpc) is 2.65. The summed E-state index contributed by atoms with van der Waals surface area (Å²) in [4.78, 5) is 13.9. The van der Waals surface area contributed by atoms with Gasteiger partial charge in [-0.25, -0.2) is 4.79 Å². The SMILES string of the molecule is COc1cccc(C23CCCCC2=CN(C(=O)OCC(Cl)(Cl)Cl)CC3)c1. The predicted octanol–water partition coefficient (Wildman–Crippen LogP) is 5.60. The molecule has 0 spiro atoms. The van der Waals surface area contributed by atoms with Crippen molar-refractivity contribution in [2.24, 2.45) is 0 Å². The Kier molecular flexibility index (Phi) is 5.95. The molecule has 1 amide bonds. The summed E-state index contributed by atoms with van der Waals surface area (Å²) in [6.07, 6.45) is 6.63. The van der Waals surface area contributed by atoms with Crippen molar-refractivity contribution >= 4 is 40.9 Å². The third-order valence-electron chi connectivity index (χ3n) is 5.22. The Morgan fingerprint density at radius 2 is 2.08 bits per heavy atom. The van der Waals surface area contributed by atoms with Gasteiger partial charge in [0.15, 0.2) is 0 Å². The molecule has 1 fully saturated rings. The van der Waals surface area contributed by atoms with Crippen LogP contribution in [0.3, 0.4) is 0 Å². The number of rotatable bonds is 3. The van der Waals surface area contributed by atoms with Gasteiger partial charge < -0.3 is 9.47 Å². The normalized spacial score (nSPS) is 23.1. The fourth-order valence-electron chi connectivity index (χ4n) is 3.94. The van der Waals surface area contributed by atoms with Crippen LogP contribution in [0.4, 0.5) is 4.79 Å². The lowest BCUT2D eigenvalue weighted by atomic mass is 9.63. The zero-order valence-electron chi connectivity index (χ0n) is 14.6. The van der Waals surface area contributed by atoms with Gasteiger partial charge in [0, 0.05) is 18.2 Å². The minimum Gasteiger partial charge on any atom is -0.497 e. The highest BCUT2D eigenvalue weighted by molar-refractivity contribution is 6.67. The van der Waals surface area contributed by atoms with Crippen molar-refractivity contribution in [1.29, 1.82) is 0 Å². The number of methoxy groups -OCH3 is 1. The topological polar surface area (TPSA) is 38.8 Å². The lowest BCUT2D eigenvalue weighted by Gasteiger charge is -2.45. The molecule has 1 aliphatic heterocycles. The molecule has 0 N–H and O–H groups in total. The van der Waals surface area contributed by atoms with Crippen LogP contribution in [-0.2, 0) is 10.2 Å². The van der Waals surface area contributed by atoms with E-state index < -0.39 is 9.89 Å². The molecule has 4 nitrogen and oxygen atoms in total. The minimum atomic E-state index is -1.60. The number of nitrogens with zero attached hydrogens (tertiary/aromatic N) is 1. The zero-order valence-corrected chi connectivity index (χ0v) is 16.9. The van der Waals surface area contributed by atoms with Gasteiger partial charge in [-0.15, -0.1) is 0 Å². The van der Waals surface area contributed by atoms with E-state index in [2.05, 4.69) is 12.1 Å². The molecule has 1 aromatic rings. The van der Waals surface area contributed by atoms with Gasteiger partial charge in [-0.3, -0.25) is 4.90 Å². The monoisotopic (exact) mass is 417 g/mol. The minimum absolute atomic E-state index is 0.0429. The molecule has 0 aromatic heterocycles. The second kappa shape index (κ2) is 7.87. The zero-order chi connectivity index (χ0) is 18.8. The number of amides is 1. The molecule has 7 heteroatoms. The summed E-state index contributed by atoms with van der Waals surface area (Å²) in [5.74, 6) is 0.853. The van der Waals surface area contributed by atoms with Crippen LogP contribution in [0.5, 0.6) is 5.75 Å². The molecule has 1 unspecified atom stereocenters. The van der Waals surface area contributed by atoms with Crippen LogP contribution in [0.25, 0.3) is 0 Å². The summed E-state index contributed by atoms with van der Waals surface area (Å²) >= 11 is 17.0. The predicted molar refractivity (Wildman–Crippen MR) is 104 cm³/mol. The number of carbonyl (C=O) groups is 1. The molecule has 1 saturated carbocycles. The molecule has 0 saturated heterocycles. The van der Waals surface area contributed by atoms with Crippen molar-refractivity contribution in [3.63, 3.8) is 0 Å². The highest BCUT2D eigenvalue weighted by Gasteiger charge is 2.42. The van der Waals surface area contributed by atoms with E-state index in [9.17, 15) is 4.79 Å². The second-order valence-electron chi connectivity index (χ2n) is 6.79. The highest BCUT2D eigenvalue weighted by Crippen LogP contribution is 2.48. The quantitative estimate of drug-likeness (QED) is 0.599. The molecule has 26 heavy (non-hydrogen) atoms. The van der Waals surface area contributed by atoms with Crippen LogP contribution >= 0.6 is 34.8 Å². The number of benzene rings is 1. The second-order valence-corrected chi connectivity index (χ2v) is 9.30. The summed E-state index contributed by atoms with van der Waals surface area (Å²) in [5.41, 5.74) is 2.46. The summed E-state index contributed by atoms with van der Waals surface area (Å²) < 4.78 is 8.93. The lowest BCUT2D eigenvalue weighted by molar-refractivity contribution is 0.111. The van der Waals surface area contributed by atoms with Crippen molar-refractivity contribution < 1.29 is 14.3 Å². The van der Waals surface area contributed by atoms with Gasteiger partial charge >= 0.3 is 6.09 Å². The van der Waals surface area contributed by atoms with Gasteiger partial charge in [0.1, 0.15) is 12.4 Å². The molecule has 1 atom stereocenters. The molecule has 0 radical (unpaired) electrons. The Morgan fingerprint density at radius 1 is 1.27 bits per heavy atom. The van der Waals surface area contributed by atoms with Crippen LogP contribution in [0, 0.1) is 0 Å². The third-order valence-corrected chi connectivity index (χ3v) is 5.55. The Labute approximate surface area is 169 Å². The first-order valence-electron chi connectivity index (χ1n) is 8.70. The van der Waals surface area contributed by atoms with E-state index >= 15 is 0 Å². The highest BCUT2D eigenvalue weighted by atomic mass is 35.6. The Morgan fingerprint density at radius 3 is 2.81 bits per heavy atom. The molecule has 3 rings (SSSR count). The standard InChI is InChI=1S/C19H22Cl3NO3/c1-25-16-7-4-6-14(11-16)18-8-3-2-5-15(18)12-23(10-9-18)17(24)26-13-19(20,21)22/h4,6-7,11-12H,2-3,5,8-10,13H2,1H3. The Balaban J connectivity index is 1.85. The Hall–Kier alpha value is -1.10. The van der Waals surface area contributed by atoms with Gasteiger partial charge in [0.05, 0.1) is 7.11 Å². The molecular formula is C19H22Cl3NO3. The molecule has 1 aromatic carbocycles. The van der Waals surface area contributed by atoms with E-state index in [-0.39, 0.29) is 12.0 Å². The maximum atomic E-state index is 12.3. The van der Waals surface area contributed by atoms with Crippen molar-refractivity contribution in [3.8, 4) is 5.75 Å². The fourth-order valence-corrected chi connectivity index (χ4v) is 4.11. The van der Waals surface area contributed by atoms with Gasteiger partial charge in [-0.1, -0.05) is 53.4 Å². The number of halogens is 3. The first-order chi connectivity index (χ1) is 12.3. The average molecular weight is 419 g/mol. The van der Waals surface area contributed by atoms with Crippen molar-refractivity contribution in [2.45, 2.75) is 41.3 Å². The third kappa shape index (κ3) is 4.24. The van der Waals surface area contributed by atoms with E-state index in [0.717, 1.165) is 31.4 Å². The summed E-state index contributed by atoms with van der Waals surface area (Å²) in [6, 6.07) is 8.24. The summed E-state index contributed by atoms with van der Waals surface area (Å²) in [5, 5.41) is 0. The van der Waals surface area contributed by atoms with Crippen LogP contribution in [0.15, 0.2) is 36.0 Å².